The maximum atomic E-state index is 13.8. The number of hydrogen-bond donors (Lipinski definition) is 0. The molecule has 1 aliphatic rings. The summed E-state index contributed by atoms with van der Waals surface area (Å²) in [7, 11) is 3.30. The maximum absolute atomic E-state index is 13.8. The lowest BCUT2D eigenvalue weighted by molar-refractivity contribution is -0.132. The fourth-order valence-electron chi connectivity index (χ4n) is 5.42. The van der Waals surface area contributed by atoms with Crippen LogP contribution in [-0.4, -0.2) is 66.6 Å². The fourth-order valence-corrected chi connectivity index (χ4v) is 5.42. The van der Waals surface area contributed by atoms with E-state index in [9.17, 15) is 9.59 Å². The highest BCUT2D eigenvalue weighted by atomic mass is 16.5. The Morgan fingerprint density at radius 3 is 2.10 bits per heavy atom. The van der Waals surface area contributed by atoms with Crippen LogP contribution in [0.4, 0.5) is 0 Å². The summed E-state index contributed by atoms with van der Waals surface area (Å²) in [6.07, 6.45) is 7.63. The molecule has 0 radical (unpaired) electrons. The van der Waals surface area contributed by atoms with E-state index in [1.165, 1.54) is 25.7 Å². The molecule has 2 amide bonds. The molecule has 0 N–H and O–H groups in total. The van der Waals surface area contributed by atoms with E-state index in [1.54, 1.807) is 14.2 Å². The van der Waals surface area contributed by atoms with Crippen LogP contribution in [0.3, 0.4) is 0 Å². The van der Waals surface area contributed by atoms with Crippen LogP contribution in [0, 0.1) is 6.92 Å². The molecule has 2 aromatic carbocycles. The van der Waals surface area contributed by atoms with Gasteiger partial charge < -0.3 is 23.8 Å². The Bertz CT molecular complexity index is 1270. The Morgan fingerprint density at radius 2 is 1.43 bits per heavy atom. The highest BCUT2D eigenvalue weighted by Crippen LogP contribution is 2.32. The lowest BCUT2D eigenvalue weighted by atomic mass is 10.1. The average Bonchev–Trinajstić information content (AvgIpc) is 3.35. The first kappa shape index (κ1) is 29.2. The molecular weight excluding hydrogens is 502 g/mol. The Labute approximate surface area is 238 Å². The topological polar surface area (TPSA) is 64.0 Å². The number of aromatic nitrogens is 1. The summed E-state index contributed by atoms with van der Waals surface area (Å²) in [6.45, 7) is 6.46. The lowest BCUT2D eigenvalue weighted by Gasteiger charge is -2.35. The van der Waals surface area contributed by atoms with E-state index >= 15 is 0 Å². The van der Waals surface area contributed by atoms with E-state index in [0.29, 0.717) is 38.2 Å². The van der Waals surface area contributed by atoms with Gasteiger partial charge in [0.05, 0.1) is 25.5 Å². The molecule has 0 atom stereocenters. The molecule has 1 saturated heterocycles. The first-order chi connectivity index (χ1) is 19.5. The van der Waals surface area contributed by atoms with Crippen molar-refractivity contribution in [1.82, 2.24) is 14.4 Å². The van der Waals surface area contributed by atoms with Crippen molar-refractivity contribution in [2.75, 3.05) is 40.4 Å². The molecule has 40 heavy (non-hydrogen) atoms. The number of benzene rings is 2. The number of unbranched alkanes of at least 4 members (excludes halogenated alkanes) is 5. The zero-order valence-electron chi connectivity index (χ0n) is 24.4. The van der Waals surface area contributed by atoms with Crippen LogP contribution in [0.1, 0.15) is 67.9 Å². The van der Waals surface area contributed by atoms with Gasteiger partial charge >= 0.3 is 0 Å². The number of piperazine rings is 1. The molecule has 3 aromatic rings. The van der Waals surface area contributed by atoms with Crippen molar-refractivity contribution in [2.24, 2.45) is 0 Å². The molecule has 7 nitrogen and oxygen atoms in total. The standard InChI is InChI=1S/C33H43N3O4/c1-5-6-7-8-9-10-14-32(37)34-19-21-35(22-20-34)33(38)30-24-31(26-15-17-28(39-3)18-16-26)36(25(30)2)27-12-11-13-29(23-27)40-4/h11-13,15-18,23-24H,5-10,14,19-22H2,1-4H3. The van der Waals surface area contributed by atoms with Gasteiger partial charge in [0.1, 0.15) is 11.5 Å². The van der Waals surface area contributed by atoms with Crippen LogP contribution in [0.25, 0.3) is 16.9 Å². The van der Waals surface area contributed by atoms with Gasteiger partial charge in [0, 0.05) is 50.0 Å². The second kappa shape index (κ2) is 14.1. The van der Waals surface area contributed by atoms with E-state index in [4.69, 9.17) is 9.47 Å². The van der Waals surface area contributed by atoms with Gasteiger partial charge in [-0.15, -0.1) is 0 Å². The van der Waals surface area contributed by atoms with Crippen molar-refractivity contribution in [3.63, 3.8) is 0 Å². The van der Waals surface area contributed by atoms with E-state index < -0.39 is 0 Å². The van der Waals surface area contributed by atoms with Crippen molar-refractivity contribution >= 4 is 11.8 Å². The van der Waals surface area contributed by atoms with Crippen LogP contribution < -0.4 is 9.47 Å². The van der Waals surface area contributed by atoms with Crippen molar-refractivity contribution in [3.8, 4) is 28.4 Å². The Morgan fingerprint density at radius 1 is 0.775 bits per heavy atom. The third kappa shape index (κ3) is 6.87. The van der Waals surface area contributed by atoms with Crippen molar-refractivity contribution in [1.29, 1.82) is 0 Å². The molecular formula is C33H43N3O4. The van der Waals surface area contributed by atoms with Crippen LogP contribution in [0.2, 0.25) is 0 Å². The molecule has 1 fully saturated rings. The number of rotatable bonds is 12. The Balaban J connectivity index is 1.50. The zero-order chi connectivity index (χ0) is 28.5. The van der Waals surface area contributed by atoms with E-state index in [-0.39, 0.29) is 11.8 Å². The van der Waals surface area contributed by atoms with Crippen LogP contribution in [0.5, 0.6) is 11.5 Å². The smallest absolute Gasteiger partial charge is 0.255 e. The number of amides is 2. The summed E-state index contributed by atoms with van der Waals surface area (Å²) in [5, 5.41) is 0. The number of nitrogens with zero attached hydrogens (tertiary/aromatic N) is 3. The summed E-state index contributed by atoms with van der Waals surface area (Å²) in [4.78, 5) is 30.4. The van der Waals surface area contributed by atoms with Crippen molar-refractivity contribution in [3.05, 3.63) is 65.9 Å². The van der Waals surface area contributed by atoms with Crippen molar-refractivity contribution < 1.29 is 19.1 Å². The van der Waals surface area contributed by atoms with Crippen LogP contribution in [0.15, 0.2) is 54.6 Å². The Kier molecular flexibility index (Phi) is 10.3. The van der Waals surface area contributed by atoms with Crippen LogP contribution >= 0.6 is 0 Å². The largest absolute Gasteiger partial charge is 0.497 e. The molecule has 0 saturated carbocycles. The second-order valence-electron chi connectivity index (χ2n) is 10.5. The van der Waals surface area contributed by atoms with E-state index in [0.717, 1.165) is 47.0 Å². The molecule has 214 valence electrons. The molecule has 1 aromatic heterocycles. The third-order valence-corrected chi connectivity index (χ3v) is 7.84. The monoisotopic (exact) mass is 545 g/mol. The normalized spacial score (nSPS) is 13.4. The summed E-state index contributed by atoms with van der Waals surface area (Å²) in [5.74, 6) is 1.74. The number of ether oxygens (including phenoxy) is 2. The average molecular weight is 546 g/mol. The summed E-state index contributed by atoms with van der Waals surface area (Å²) < 4.78 is 12.9. The lowest BCUT2D eigenvalue weighted by Crippen LogP contribution is -2.50. The minimum atomic E-state index is -0.00284. The quantitative estimate of drug-likeness (QED) is 0.244. The van der Waals surface area contributed by atoms with Crippen LogP contribution in [-0.2, 0) is 4.79 Å². The van der Waals surface area contributed by atoms with Gasteiger partial charge in [0.25, 0.3) is 5.91 Å². The molecule has 1 aliphatic heterocycles. The number of hydrogen-bond acceptors (Lipinski definition) is 4. The molecule has 0 bridgehead atoms. The maximum Gasteiger partial charge on any atom is 0.255 e. The van der Waals surface area contributed by atoms with Crippen molar-refractivity contribution in [2.45, 2.75) is 58.8 Å². The highest BCUT2D eigenvalue weighted by Gasteiger charge is 2.28. The van der Waals surface area contributed by atoms with Gasteiger partial charge in [-0.25, -0.2) is 0 Å². The van der Waals surface area contributed by atoms with Gasteiger partial charge in [-0.05, 0) is 61.4 Å². The molecule has 0 aliphatic carbocycles. The predicted octanol–water partition coefficient (Wildman–Crippen LogP) is 6.50. The minimum Gasteiger partial charge on any atom is -0.497 e. The van der Waals surface area contributed by atoms with Gasteiger partial charge in [0.2, 0.25) is 5.91 Å². The summed E-state index contributed by atoms with van der Waals surface area (Å²) >= 11 is 0. The number of carbonyl (C=O) groups is 2. The van der Waals surface area contributed by atoms with E-state index in [2.05, 4.69) is 11.5 Å². The summed E-state index contributed by atoms with van der Waals surface area (Å²) in [5.41, 5.74) is 4.36. The van der Waals surface area contributed by atoms with E-state index in [1.807, 2.05) is 71.3 Å². The molecule has 0 unspecified atom stereocenters. The first-order valence-corrected chi connectivity index (χ1v) is 14.5. The van der Waals surface area contributed by atoms with Gasteiger partial charge in [-0.1, -0.05) is 45.1 Å². The number of methoxy groups -OCH3 is 2. The predicted molar refractivity (Wildman–Crippen MR) is 160 cm³/mol. The minimum absolute atomic E-state index is 0.00284. The Hall–Kier alpha value is -3.74. The zero-order valence-corrected chi connectivity index (χ0v) is 24.4. The summed E-state index contributed by atoms with van der Waals surface area (Å²) in [6, 6.07) is 17.7. The molecule has 4 rings (SSSR count). The highest BCUT2D eigenvalue weighted by molar-refractivity contribution is 5.97. The molecule has 2 heterocycles. The molecule has 0 spiro atoms. The number of carbonyl (C=O) groups excluding carboxylic acids is 2. The van der Waals surface area contributed by atoms with Gasteiger partial charge in [-0.2, -0.15) is 0 Å². The third-order valence-electron chi connectivity index (χ3n) is 7.84. The van der Waals surface area contributed by atoms with Gasteiger partial charge in [-0.3, -0.25) is 9.59 Å². The SMILES string of the molecule is CCCCCCCCC(=O)N1CCN(C(=O)c2cc(-c3ccc(OC)cc3)n(-c3cccc(OC)c3)c2C)CC1. The second-order valence-corrected chi connectivity index (χ2v) is 10.5. The first-order valence-electron chi connectivity index (χ1n) is 14.5. The molecule has 7 heteroatoms. The fraction of sp³-hybridized carbons (Fsp3) is 0.455. The van der Waals surface area contributed by atoms with Gasteiger partial charge in [0.15, 0.2) is 0 Å².